The zero-order chi connectivity index (χ0) is 21.6. The van der Waals surface area contributed by atoms with Gasteiger partial charge in [-0.05, 0) is 48.9 Å². The number of esters is 1. The van der Waals surface area contributed by atoms with Crippen molar-refractivity contribution in [2.45, 2.75) is 39.0 Å². The molecule has 3 rings (SSSR count). The van der Waals surface area contributed by atoms with E-state index in [9.17, 15) is 17.8 Å². The van der Waals surface area contributed by atoms with Crippen LogP contribution in [0.2, 0.25) is 5.02 Å². The van der Waals surface area contributed by atoms with E-state index in [-0.39, 0.29) is 5.97 Å². The Bertz CT molecular complexity index is 928. The van der Waals surface area contributed by atoms with Crippen LogP contribution in [0.1, 0.15) is 35.9 Å². The van der Waals surface area contributed by atoms with Crippen LogP contribution in [0.4, 0.5) is 0 Å². The maximum Gasteiger partial charge on any atom is 0.327 e. The molecular weight excluding hydrogens is 438 g/mol. The normalized spacial score (nSPS) is 15.2. The summed E-state index contributed by atoms with van der Waals surface area (Å²) in [6, 6.07) is 9.16. The van der Waals surface area contributed by atoms with Gasteiger partial charge in [0.1, 0.15) is 6.04 Å². The minimum absolute atomic E-state index is 0.262. The molecule has 1 aromatic heterocycles. The van der Waals surface area contributed by atoms with Crippen molar-refractivity contribution in [2.75, 3.05) is 13.7 Å². The number of rotatable bonds is 5. The van der Waals surface area contributed by atoms with Gasteiger partial charge in [-0.15, -0.1) is 11.3 Å². The first-order valence-corrected chi connectivity index (χ1v) is 11.5. The number of halogens is 1. The van der Waals surface area contributed by atoms with Gasteiger partial charge in [0.15, 0.2) is 0 Å². The number of fused-ring (bicyclic) bond motifs is 1. The van der Waals surface area contributed by atoms with E-state index in [1.807, 2.05) is 24.3 Å². The SMILES string of the molecule is CC(C)OS(=O)(=O)[O-].COC(=O)[C@H](c1ccccc1Cl)N1CCc2sccc2C1. The number of ether oxygens (including phenoxy) is 1. The fraction of sp³-hybridized carbons (Fsp3) is 0.421. The van der Waals surface area contributed by atoms with Gasteiger partial charge >= 0.3 is 5.97 Å². The van der Waals surface area contributed by atoms with Crippen LogP contribution in [0.15, 0.2) is 35.7 Å². The largest absolute Gasteiger partial charge is 0.726 e. The summed E-state index contributed by atoms with van der Waals surface area (Å²) in [4.78, 5) is 15.8. The van der Waals surface area contributed by atoms with Gasteiger partial charge in [-0.1, -0.05) is 29.8 Å². The molecule has 0 saturated carbocycles. The quantitative estimate of drug-likeness (QED) is 0.382. The van der Waals surface area contributed by atoms with E-state index >= 15 is 0 Å². The molecule has 160 valence electrons. The van der Waals surface area contributed by atoms with E-state index in [1.165, 1.54) is 31.4 Å². The average Bonchev–Trinajstić information content (AvgIpc) is 3.09. The summed E-state index contributed by atoms with van der Waals surface area (Å²) >= 11 is 8.07. The van der Waals surface area contributed by atoms with Crippen LogP contribution in [0.3, 0.4) is 0 Å². The van der Waals surface area contributed by atoms with Crippen LogP contribution in [0.5, 0.6) is 0 Å². The number of hydrogen-bond acceptors (Lipinski definition) is 8. The van der Waals surface area contributed by atoms with Crippen LogP contribution < -0.4 is 0 Å². The van der Waals surface area contributed by atoms with Gasteiger partial charge in [-0.2, -0.15) is 0 Å². The fourth-order valence-corrected chi connectivity index (χ4v) is 4.61. The van der Waals surface area contributed by atoms with Crippen molar-refractivity contribution in [3.05, 3.63) is 56.7 Å². The van der Waals surface area contributed by atoms with E-state index < -0.39 is 22.5 Å². The number of carbonyl (C=O) groups excluding carboxylic acids is 1. The first kappa shape index (κ1) is 23.8. The Morgan fingerprint density at radius 3 is 2.52 bits per heavy atom. The van der Waals surface area contributed by atoms with Crippen molar-refractivity contribution in [1.82, 2.24) is 4.90 Å². The molecular formula is C19H23ClNO6S2-. The molecule has 0 radical (unpaired) electrons. The highest BCUT2D eigenvalue weighted by Crippen LogP contribution is 2.33. The molecule has 0 saturated heterocycles. The van der Waals surface area contributed by atoms with Crippen LogP contribution in [0.25, 0.3) is 0 Å². The Morgan fingerprint density at radius 1 is 1.28 bits per heavy atom. The number of hydrogen-bond donors (Lipinski definition) is 0. The van der Waals surface area contributed by atoms with Crippen LogP contribution in [-0.2, 0) is 37.1 Å². The first-order chi connectivity index (χ1) is 13.6. The summed E-state index contributed by atoms with van der Waals surface area (Å²) in [6.07, 6.45) is 0.405. The molecule has 1 atom stereocenters. The second-order valence-corrected chi connectivity index (χ2v) is 9.01. The first-order valence-electron chi connectivity index (χ1n) is 8.88. The molecule has 0 unspecified atom stereocenters. The Labute approximate surface area is 180 Å². The lowest BCUT2D eigenvalue weighted by Gasteiger charge is -2.33. The molecule has 0 amide bonds. The Kier molecular flexibility index (Phi) is 8.62. The third-order valence-electron chi connectivity index (χ3n) is 4.14. The predicted molar refractivity (Wildman–Crippen MR) is 111 cm³/mol. The summed E-state index contributed by atoms with van der Waals surface area (Å²) in [5, 5.41) is 2.71. The summed E-state index contributed by atoms with van der Waals surface area (Å²) in [6.45, 7) is 4.52. The molecule has 10 heteroatoms. The predicted octanol–water partition coefficient (Wildman–Crippen LogP) is 3.55. The van der Waals surface area contributed by atoms with Gasteiger partial charge in [-0.3, -0.25) is 9.08 Å². The van der Waals surface area contributed by atoms with Crippen molar-refractivity contribution in [3.63, 3.8) is 0 Å². The monoisotopic (exact) mass is 460 g/mol. The van der Waals surface area contributed by atoms with Gasteiger partial charge in [0.2, 0.25) is 10.4 Å². The highest BCUT2D eigenvalue weighted by molar-refractivity contribution is 7.80. The maximum absolute atomic E-state index is 12.3. The molecule has 0 spiro atoms. The molecule has 0 bridgehead atoms. The number of thiophene rings is 1. The zero-order valence-corrected chi connectivity index (χ0v) is 18.7. The second kappa shape index (κ2) is 10.5. The maximum atomic E-state index is 12.3. The third-order valence-corrected chi connectivity index (χ3v) is 6.12. The van der Waals surface area contributed by atoms with Crippen molar-refractivity contribution < 1.29 is 26.7 Å². The van der Waals surface area contributed by atoms with E-state index in [2.05, 4.69) is 20.5 Å². The van der Waals surface area contributed by atoms with Crippen LogP contribution >= 0.6 is 22.9 Å². The lowest BCUT2D eigenvalue weighted by Crippen LogP contribution is -2.38. The van der Waals surface area contributed by atoms with E-state index in [4.69, 9.17) is 16.3 Å². The number of carbonyl (C=O) groups is 1. The molecule has 0 fully saturated rings. The molecule has 1 aromatic carbocycles. The molecule has 7 nitrogen and oxygen atoms in total. The van der Waals surface area contributed by atoms with E-state index in [0.29, 0.717) is 5.02 Å². The minimum Gasteiger partial charge on any atom is -0.726 e. The second-order valence-electron chi connectivity index (χ2n) is 6.59. The fourth-order valence-electron chi connectivity index (χ4n) is 3.01. The zero-order valence-electron chi connectivity index (χ0n) is 16.3. The van der Waals surface area contributed by atoms with Crippen molar-refractivity contribution in [1.29, 1.82) is 0 Å². The Hall–Kier alpha value is -1.49. The summed E-state index contributed by atoms with van der Waals surface area (Å²) in [5.41, 5.74) is 2.11. The Morgan fingerprint density at radius 2 is 1.97 bits per heavy atom. The van der Waals surface area contributed by atoms with Crippen molar-refractivity contribution in [2.24, 2.45) is 0 Å². The summed E-state index contributed by atoms with van der Waals surface area (Å²) in [7, 11) is -3.05. The van der Waals surface area contributed by atoms with Gasteiger partial charge in [-0.25, -0.2) is 13.2 Å². The lowest BCUT2D eigenvalue weighted by atomic mass is 10.0. The number of benzene rings is 1. The lowest BCUT2D eigenvalue weighted by molar-refractivity contribution is -0.147. The van der Waals surface area contributed by atoms with Crippen molar-refractivity contribution >= 4 is 39.3 Å². The Balaban J connectivity index is 0.000000321. The molecule has 0 N–H and O–H groups in total. The third kappa shape index (κ3) is 7.06. The van der Waals surface area contributed by atoms with Gasteiger partial charge in [0, 0.05) is 23.0 Å². The van der Waals surface area contributed by atoms with Crippen molar-refractivity contribution in [3.8, 4) is 0 Å². The average molecular weight is 461 g/mol. The molecule has 1 aliphatic heterocycles. The molecule has 29 heavy (non-hydrogen) atoms. The van der Waals surface area contributed by atoms with Gasteiger partial charge < -0.3 is 9.29 Å². The minimum atomic E-state index is -4.47. The summed E-state index contributed by atoms with van der Waals surface area (Å²) in [5.74, 6) is -0.262. The van der Waals surface area contributed by atoms with Gasteiger partial charge in [0.05, 0.1) is 13.2 Å². The molecule has 0 aliphatic carbocycles. The smallest absolute Gasteiger partial charge is 0.327 e. The standard InChI is InChI=1S/C16H16ClNO2S.C3H8O4S/c1-20-16(19)15(12-4-2-3-5-13(12)17)18-8-6-14-11(10-18)7-9-21-14;1-3(2)7-8(4,5)6/h2-5,7,9,15H,6,8,10H2,1H3;3H,1-2H3,(H,4,5,6)/p-1/t15-;/m0./s1. The molecule has 2 heterocycles. The number of methoxy groups -OCH3 is 1. The van der Waals surface area contributed by atoms with E-state index in [0.717, 1.165) is 25.1 Å². The van der Waals surface area contributed by atoms with Gasteiger partial charge in [0.25, 0.3) is 0 Å². The van der Waals surface area contributed by atoms with Crippen LogP contribution in [0, 0.1) is 0 Å². The van der Waals surface area contributed by atoms with E-state index in [1.54, 1.807) is 11.3 Å². The highest BCUT2D eigenvalue weighted by Gasteiger charge is 2.32. The highest BCUT2D eigenvalue weighted by atomic mass is 35.5. The number of nitrogens with zero attached hydrogens (tertiary/aromatic N) is 1. The molecule has 2 aromatic rings. The van der Waals surface area contributed by atoms with Crippen LogP contribution in [-0.4, -0.2) is 43.6 Å². The summed E-state index contributed by atoms with van der Waals surface area (Å²) < 4.78 is 37.9. The molecule has 1 aliphatic rings. The topological polar surface area (TPSA) is 96.0 Å².